The molecule has 0 unspecified atom stereocenters. The molecule has 0 atom stereocenters. The van der Waals surface area contributed by atoms with Crippen LogP contribution in [-0.4, -0.2) is 9.79 Å². The topological polar surface area (TPSA) is 57.5 Å². The Morgan fingerprint density at radius 2 is 1.52 bits per heavy atom. The molecule has 2 rings (SSSR count). The lowest BCUT2D eigenvalue weighted by Crippen LogP contribution is -1.84. The molecule has 154 valence electrons. The maximum Gasteiger partial charge on any atom is 0.330 e. The van der Waals surface area contributed by atoms with Crippen LogP contribution in [0.5, 0.6) is 0 Å². The van der Waals surface area contributed by atoms with Crippen LogP contribution in [0.2, 0.25) is 0 Å². The first-order valence-corrected chi connectivity index (χ1v) is 13.7. The number of thiophene rings is 2. The quantitative estimate of drug-likeness (QED) is 0.272. The summed E-state index contributed by atoms with van der Waals surface area (Å²) in [7, 11) is -3.90. The Hall–Kier alpha value is -0.450. The van der Waals surface area contributed by atoms with Crippen LogP contribution in [0.3, 0.4) is 0 Å². The third kappa shape index (κ3) is 13.4. The van der Waals surface area contributed by atoms with Gasteiger partial charge in [-0.15, -0.1) is 11.3 Å². The van der Waals surface area contributed by atoms with E-state index in [0.717, 1.165) is 11.3 Å². The molecule has 0 aliphatic heterocycles. The maximum absolute atomic E-state index is 10.8. The van der Waals surface area contributed by atoms with Crippen molar-refractivity contribution in [3.63, 3.8) is 0 Å². The minimum atomic E-state index is -3.90. The molecule has 3 nitrogen and oxygen atoms in total. The van der Waals surface area contributed by atoms with Crippen molar-refractivity contribution < 1.29 is 14.4 Å². The van der Waals surface area contributed by atoms with Crippen molar-refractivity contribution in [2.24, 2.45) is 0 Å². The van der Waals surface area contributed by atoms with E-state index in [4.69, 9.17) is 9.79 Å². The van der Waals surface area contributed by atoms with Crippen LogP contribution < -0.4 is 0 Å². The summed E-state index contributed by atoms with van der Waals surface area (Å²) in [6.45, 7) is 4.44. The number of hydrogen-bond acceptors (Lipinski definition) is 3. The van der Waals surface area contributed by atoms with Crippen LogP contribution in [0, 0.1) is 0 Å². The predicted octanol–water partition coefficient (Wildman–Crippen LogP) is 7.42. The van der Waals surface area contributed by atoms with E-state index in [1.165, 1.54) is 80.3 Å². The monoisotopic (exact) mass is 430 g/mol. The molecule has 27 heavy (non-hydrogen) atoms. The van der Waals surface area contributed by atoms with Gasteiger partial charge in [0.2, 0.25) is 0 Å². The molecule has 0 aliphatic carbocycles. The normalized spacial score (nSPS) is 11.3. The molecule has 0 amide bonds. The van der Waals surface area contributed by atoms with E-state index in [1.807, 2.05) is 11.4 Å². The smallest absolute Gasteiger partial charge is 0.324 e. The number of rotatable bonds is 12. The van der Waals surface area contributed by atoms with Crippen LogP contribution >= 0.6 is 30.3 Å². The van der Waals surface area contributed by atoms with Gasteiger partial charge >= 0.3 is 7.60 Å². The molecule has 0 bridgehead atoms. The number of unbranched alkanes of at least 4 members (excludes halogenated alkanes) is 6. The van der Waals surface area contributed by atoms with E-state index in [-0.39, 0.29) is 6.16 Å². The second kappa shape index (κ2) is 14.5. The second-order valence-electron chi connectivity index (χ2n) is 7.00. The largest absolute Gasteiger partial charge is 0.330 e. The van der Waals surface area contributed by atoms with Gasteiger partial charge in [0.05, 0.1) is 6.16 Å². The molecular formula is C21H35O3PS2. The highest BCUT2D eigenvalue weighted by molar-refractivity contribution is 7.51. The maximum atomic E-state index is 10.8. The summed E-state index contributed by atoms with van der Waals surface area (Å²) in [5.41, 5.74) is 2.73. The molecule has 2 aromatic rings. The summed E-state index contributed by atoms with van der Waals surface area (Å²) >= 11 is 3.25. The van der Waals surface area contributed by atoms with Gasteiger partial charge in [-0.25, -0.2) is 0 Å². The molecule has 2 heterocycles. The zero-order valence-corrected chi connectivity index (χ0v) is 19.3. The highest BCUT2D eigenvalue weighted by Crippen LogP contribution is 2.40. The summed E-state index contributed by atoms with van der Waals surface area (Å²) in [6.07, 6.45) is 12.6. The SMILES string of the molecule is CCCCCCc1ccsc1.CCCCCCc1csc(CP(=O)(O)O)c1. The Morgan fingerprint density at radius 1 is 0.889 bits per heavy atom. The zero-order chi connectivity index (χ0) is 20.0. The van der Waals surface area contributed by atoms with E-state index in [2.05, 4.69) is 30.7 Å². The van der Waals surface area contributed by atoms with Gasteiger partial charge in [-0.3, -0.25) is 4.57 Å². The Morgan fingerprint density at radius 3 is 2.04 bits per heavy atom. The Kier molecular flexibility index (Phi) is 13.2. The minimum absolute atomic E-state index is 0.118. The summed E-state index contributed by atoms with van der Waals surface area (Å²) < 4.78 is 10.8. The van der Waals surface area contributed by atoms with Crippen LogP contribution in [0.1, 0.15) is 81.2 Å². The zero-order valence-electron chi connectivity index (χ0n) is 16.7. The van der Waals surface area contributed by atoms with E-state index in [9.17, 15) is 4.57 Å². The standard InChI is InChI=1S/C11H19O3PS.C10H16S/c1-2-3-4-5-6-10-7-11(16-9-10)8-15(12,13)14;1-2-3-4-5-6-10-7-8-11-9-10/h7,9H,2-6,8H2,1H3,(H2,12,13,14);7-9H,2-6H2,1H3. The fraction of sp³-hybridized carbons (Fsp3) is 0.619. The predicted molar refractivity (Wildman–Crippen MR) is 120 cm³/mol. The molecule has 0 aromatic carbocycles. The van der Waals surface area contributed by atoms with Gasteiger partial charge in [-0.2, -0.15) is 11.3 Å². The van der Waals surface area contributed by atoms with Gasteiger partial charge in [0.15, 0.2) is 0 Å². The van der Waals surface area contributed by atoms with Crippen LogP contribution in [0.4, 0.5) is 0 Å². The molecule has 0 saturated carbocycles. The minimum Gasteiger partial charge on any atom is -0.324 e. The van der Waals surface area contributed by atoms with Gasteiger partial charge < -0.3 is 9.79 Å². The third-order valence-electron chi connectivity index (χ3n) is 4.29. The van der Waals surface area contributed by atoms with E-state index in [0.29, 0.717) is 0 Å². The van der Waals surface area contributed by atoms with Crippen molar-refractivity contribution in [3.8, 4) is 0 Å². The van der Waals surface area contributed by atoms with Gasteiger partial charge in [-0.05, 0) is 65.1 Å². The molecule has 0 aliphatic rings. The molecule has 0 radical (unpaired) electrons. The molecular weight excluding hydrogens is 395 g/mol. The summed E-state index contributed by atoms with van der Waals surface area (Å²) in [4.78, 5) is 18.5. The summed E-state index contributed by atoms with van der Waals surface area (Å²) in [5, 5.41) is 6.43. The molecule has 2 N–H and O–H groups in total. The van der Waals surface area contributed by atoms with Gasteiger partial charge in [0, 0.05) is 4.88 Å². The van der Waals surface area contributed by atoms with E-state index in [1.54, 1.807) is 11.3 Å². The number of hydrogen-bond donors (Lipinski definition) is 2. The van der Waals surface area contributed by atoms with Crippen molar-refractivity contribution in [1.29, 1.82) is 0 Å². The van der Waals surface area contributed by atoms with E-state index >= 15 is 0 Å². The first-order valence-electron chi connectivity index (χ1n) is 10.1. The lowest BCUT2D eigenvalue weighted by Gasteiger charge is -1.99. The first kappa shape index (κ1) is 24.6. The average Bonchev–Trinajstić information content (AvgIpc) is 3.27. The molecule has 0 saturated heterocycles. The highest BCUT2D eigenvalue weighted by atomic mass is 32.1. The fourth-order valence-corrected chi connectivity index (χ4v) is 5.50. The van der Waals surface area contributed by atoms with Crippen molar-refractivity contribution >= 4 is 30.3 Å². The second-order valence-corrected chi connectivity index (χ2v) is 10.4. The Balaban J connectivity index is 0.000000289. The first-order chi connectivity index (χ1) is 12.9. The van der Waals surface area contributed by atoms with Gasteiger partial charge in [-0.1, -0.05) is 52.4 Å². The highest BCUT2D eigenvalue weighted by Gasteiger charge is 2.15. The molecule has 0 spiro atoms. The van der Waals surface area contributed by atoms with Gasteiger partial charge in [0.1, 0.15) is 0 Å². The lowest BCUT2D eigenvalue weighted by molar-refractivity contribution is 0.372. The van der Waals surface area contributed by atoms with E-state index < -0.39 is 7.60 Å². The summed E-state index contributed by atoms with van der Waals surface area (Å²) in [5.74, 6) is 0. The average molecular weight is 431 g/mol. The molecule has 2 aromatic heterocycles. The summed E-state index contributed by atoms with van der Waals surface area (Å²) in [6, 6.07) is 4.16. The molecule has 6 heteroatoms. The van der Waals surface area contributed by atoms with Gasteiger partial charge in [0.25, 0.3) is 0 Å². The van der Waals surface area contributed by atoms with Crippen molar-refractivity contribution in [2.45, 2.75) is 84.2 Å². The third-order valence-corrected chi connectivity index (χ3v) is 6.97. The van der Waals surface area contributed by atoms with Crippen molar-refractivity contribution in [3.05, 3.63) is 44.3 Å². The van der Waals surface area contributed by atoms with Crippen LogP contribution in [0.15, 0.2) is 28.3 Å². The van der Waals surface area contributed by atoms with Crippen LogP contribution in [0.25, 0.3) is 0 Å². The molecule has 0 fully saturated rings. The lowest BCUT2D eigenvalue weighted by atomic mass is 10.1. The fourth-order valence-electron chi connectivity index (χ4n) is 2.79. The van der Waals surface area contributed by atoms with Crippen molar-refractivity contribution in [2.75, 3.05) is 0 Å². The Bertz CT molecular complexity index is 632. The van der Waals surface area contributed by atoms with Crippen molar-refractivity contribution in [1.82, 2.24) is 0 Å². The number of aryl methyl sites for hydroxylation is 2. The Labute approximate surface area is 173 Å². The van der Waals surface area contributed by atoms with Crippen LogP contribution in [-0.2, 0) is 23.6 Å².